The predicted octanol–water partition coefficient (Wildman–Crippen LogP) is 1.61. The smallest absolute Gasteiger partial charge is 0.305 e. The number of carboxylic acids is 1. The second-order valence-corrected chi connectivity index (χ2v) is 4.03. The summed E-state index contributed by atoms with van der Waals surface area (Å²) in [5, 5.41) is 11.0. The highest BCUT2D eigenvalue weighted by Crippen LogP contribution is 2.19. The van der Waals surface area contributed by atoms with E-state index in [1.165, 1.54) is 0 Å². The lowest BCUT2D eigenvalue weighted by atomic mass is 10.1. The van der Waals surface area contributed by atoms with Crippen molar-refractivity contribution >= 4 is 11.9 Å². The van der Waals surface area contributed by atoms with Gasteiger partial charge in [-0.25, -0.2) is 0 Å². The number of aliphatic carboxylic acids is 1. The van der Waals surface area contributed by atoms with Crippen LogP contribution in [0.25, 0.3) is 0 Å². The van der Waals surface area contributed by atoms with Crippen molar-refractivity contribution in [2.45, 2.75) is 26.2 Å². The van der Waals surface area contributed by atoms with Gasteiger partial charge >= 0.3 is 5.97 Å². The number of carbonyl (C=O) groups excluding carboxylic acids is 1. The van der Waals surface area contributed by atoms with E-state index in [0.29, 0.717) is 19.4 Å². The summed E-state index contributed by atoms with van der Waals surface area (Å²) in [6.07, 6.45) is 0.847. The molecule has 0 atom stereocenters. The van der Waals surface area contributed by atoms with E-state index in [9.17, 15) is 9.59 Å². The zero-order valence-corrected chi connectivity index (χ0v) is 11.0. The van der Waals surface area contributed by atoms with Crippen LogP contribution in [-0.2, 0) is 16.0 Å². The SMILES string of the molecule is CCOc1ccccc1CCC(=O)NCCC(=O)O. The molecule has 5 nitrogen and oxygen atoms in total. The predicted molar refractivity (Wildman–Crippen MR) is 71.2 cm³/mol. The van der Waals surface area contributed by atoms with Crippen molar-refractivity contribution in [3.05, 3.63) is 29.8 Å². The van der Waals surface area contributed by atoms with E-state index in [4.69, 9.17) is 9.84 Å². The molecule has 0 aliphatic rings. The van der Waals surface area contributed by atoms with Gasteiger partial charge in [-0.2, -0.15) is 0 Å². The molecule has 0 fully saturated rings. The molecule has 19 heavy (non-hydrogen) atoms. The third-order valence-corrected chi connectivity index (χ3v) is 2.55. The number of carbonyl (C=O) groups is 2. The van der Waals surface area contributed by atoms with Crippen LogP contribution in [0.15, 0.2) is 24.3 Å². The molecule has 1 amide bonds. The Bertz CT molecular complexity index is 431. The van der Waals surface area contributed by atoms with Crippen molar-refractivity contribution < 1.29 is 19.4 Å². The summed E-state index contributed by atoms with van der Waals surface area (Å²) in [7, 11) is 0. The van der Waals surface area contributed by atoms with Crippen molar-refractivity contribution in [2.75, 3.05) is 13.2 Å². The number of aryl methyl sites for hydroxylation is 1. The molecular weight excluding hydrogens is 246 g/mol. The van der Waals surface area contributed by atoms with Crippen LogP contribution >= 0.6 is 0 Å². The van der Waals surface area contributed by atoms with Gasteiger partial charge in [0.2, 0.25) is 5.91 Å². The molecule has 0 saturated carbocycles. The molecule has 0 unspecified atom stereocenters. The van der Waals surface area contributed by atoms with Gasteiger partial charge in [-0.1, -0.05) is 18.2 Å². The summed E-state index contributed by atoms with van der Waals surface area (Å²) in [5.74, 6) is -0.266. The number of rotatable bonds is 8. The Balaban J connectivity index is 2.39. The number of para-hydroxylation sites is 1. The van der Waals surface area contributed by atoms with Gasteiger partial charge in [0.1, 0.15) is 5.75 Å². The molecule has 0 aliphatic carbocycles. The quantitative estimate of drug-likeness (QED) is 0.748. The Labute approximate surface area is 112 Å². The zero-order valence-electron chi connectivity index (χ0n) is 11.0. The fourth-order valence-electron chi connectivity index (χ4n) is 1.65. The van der Waals surface area contributed by atoms with Gasteiger partial charge in [0.15, 0.2) is 0 Å². The van der Waals surface area contributed by atoms with Crippen LogP contribution in [0.1, 0.15) is 25.3 Å². The highest BCUT2D eigenvalue weighted by atomic mass is 16.5. The van der Waals surface area contributed by atoms with E-state index in [1.807, 2.05) is 31.2 Å². The third-order valence-electron chi connectivity index (χ3n) is 2.55. The Kier molecular flexibility index (Phi) is 6.43. The van der Waals surface area contributed by atoms with E-state index < -0.39 is 5.97 Å². The topological polar surface area (TPSA) is 75.6 Å². The fraction of sp³-hybridized carbons (Fsp3) is 0.429. The summed E-state index contributed by atoms with van der Waals surface area (Å²) in [5.41, 5.74) is 0.984. The molecule has 1 aromatic carbocycles. The van der Waals surface area contributed by atoms with Crippen LogP contribution in [0, 0.1) is 0 Å². The lowest BCUT2D eigenvalue weighted by Crippen LogP contribution is -2.26. The molecule has 0 bridgehead atoms. The lowest BCUT2D eigenvalue weighted by Gasteiger charge is -2.09. The Morgan fingerprint density at radius 2 is 2.00 bits per heavy atom. The average molecular weight is 265 g/mol. The first-order chi connectivity index (χ1) is 9.13. The van der Waals surface area contributed by atoms with E-state index in [1.54, 1.807) is 0 Å². The third kappa shape index (κ3) is 5.90. The van der Waals surface area contributed by atoms with Gasteiger partial charge in [0, 0.05) is 13.0 Å². The van der Waals surface area contributed by atoms with E-state index in [2.05, 4.69) is 5.32 Å². The number of hydrogen-bond acceptors (Lipinski definition) is 3. The largest absolute Gasteiger partial charge is 0.494 e. The molecule has 1 aromatic rings. The number of carboxylic acid groups (broad SMARTS) is 1. The monoisotopic (exact) mass is 265 g/mol. The minimum absolute atomic E-state index is 0.0543. The highest BCUT2D eigenvalue weighted by molar-refractivity contribution is 5.77. The van der Waals surface area contributed by atoms with Crippen LogP contribution in [0.3, 0.4) is 0 Å². The maximum Gasteiger partial charge on any atom is 0.305 e. The van der Waals surface area contributed by atoms with Crippen LogP contribution in [0.4, 0.5) is 0 Å². The molecule has 0 aliphatic heterocycles. The molecule has 1 rings (SSSR count). The molecule has 5 heteroatoms. The van der Waals surface area contributed by atoms with Gasteiger partial charge in [0.05, 0.1) is 13.0 Å². The van der Waals surface area contributed by atoms with Gasteiger partial charge in [-0.05, 0) is 25.0 Å². The van der Waals surface area contributed by atoms with E-state index >= 15 is 0 Å². The van der Waals surface area contributed by atoms with Gasteiger partial charge in [0.25, 0.3) is 0 Å². The first-order valence-corrected chi connectivity index (χ1v) is 6.32. The molecule has 2 N–H and O–H groups in total. The summed E-state index contributed by atoms with van der Waals surface area (Å²) >= 11 is 0. The maximum absolute atomic E-state index is 11.5. The van der Waals surface area contributed by atoms with Crippen LogP contribution < -0.4 is 10.1 Å². The number of nitrogens with one attached hydrogen (secondary N) is 1. The maximum atomic E-state index is 11.5. The van der Waals surface area contributed by atoms with Gasteiger partial charge in [-0.15, -0.1) is 0 Å². The van der Waals surface area contributed by atoms with Crippen LogP contribution in [-0.4, -0.2) is 30.1 Å². The molecule has 0 aromatic heterocycles. The second kappa shape index (κ2) is 8.13. The Morgan fingerprint density at radius 3 is 2.68 bits per heavy atom. The molecule has 0 saturated heterocycles. The van der Waals surface area contributed by atoms with Crippen LogP contribution in [0.5, 0.6) is 5.75 Å². The summed E-state index contributed by atoms with van der Waals surface area (Å²) in [6.45, 7) is 2.67. The first kappa shape index (κ1) is 15.0. The summed E-state index contributed by atoms with van der Waals surface area (Å²) in [4.78, 5) is 21.8. The number of ether oxygens (including phenoxy) is 1. The molecule has 104 valence electrons. The normalized spacial score (nSPS) is 9.95. The minimum Gasteiger partial charge on any atom is -0.494 e. The number of benzene rings is 1. The molecule has 0 radical (unpaired) electrons. The lowest BCUT2D eigenvalue weighted by molar-refractivity contribution is -0.136. The van der Waals surface area contributed by atoms with Crippen molar-refractivity contribution in [1.29, 1.82) is 0 Å². The fourth-order valence-corrected chi connectivity index (χ4v) is 1.65. The summed E-state index contributed by atoms with van der Waals surface area (Å²) in [6, 6.07) is 7.60. The van der Waals surface area contributed by atoms with Gasteiger partial charge < -0.3 is 15.2 Å². The highest BCUT2D eigenvalue weighted by Gasteiger charge is 2.06. The zero-order chi connectivity index (χ0) is 14.1. The average Bonchev–Trinajstić information content (AvgIpc) is 2.37. The molecule has 0 heterocycles. The van der Waals surface area contributed by atoms with Crippen molar-refractivity contribution in [3.63, 3.8) is 0 Å². The number of hydrogen-bond donors (Lipinski definition) is 2. The first-order valence-electron chi connectivity index (χ1n) is 6.32. The standard InChI is InChI=1S/C14H19NO4/c1-2-19-12-6-4-3-5-11(12)7-8-13(16)15-10-9-14(17)18/h3-6H,2,7-10H2,1H3,(H,15,16)(H,17,18). The minimum atomic E-state index is -0.915. The Hall–Kier alpha value is -2.04. The Morgan fingerprint density at radius 1 is 1.26 bits per heavy atom. The van der Waals surface area contributed by atoms with E-state index in [-0.39, 0.29) is 18.9 Å². The van der Waals surface area contributed by atoms with Crippen LogP contribution in [0.2, 0.25) is 0 Å². The van der Waals surface area contributed by atoms with E-state index in [0.717, 1.165) is 11.3 Å². The van der Waals surface area contributed by atoms with Crippen molar-refractivity contribution in [1.82, 2.24) is 5.32 Å². The summed E-state index contributed by atoms with van der Waals surface area (Å²) < 4.78 is 5.47. The number of amides is 1. The molecular formula is C14H19NO4. The second-order valence-electron chi connectivity index (χ2n) is 4.03. The molecule has 0 spiro atoms. The van der Waals surface area contributed by atoms with Crippen molar-refractivity contribution in [3.8, 4) is 5.75 Å². The van der Waals surface area contributed by atoms with Gasteiger partial charge in [-0.3, -0.25) is 9.59 Å². The van der Waals surface area contributed by atoms with Crippen molar-refractivity contribution in [2.24, 2.45) is 0 Å².